The molecule has 0 unspecified atom stereocenters. The number of fused-ring (bicyclic) bond motifs is 1. The Kier molecular flexibility index (Phi) is 7.78. The standard InChI is InChI=1S/C27H26ClN3O3S/c1-4-30(5-2)25(32)19-8-15-23-24(16-19)29-27(35-17-18-6-9-20(28)10-7-18)31(26(23)33)21-11-13-22(34-3)14-12-21/h6-16H,4-5,17H2,1-3H3. The molecule has 0 aliphatic heterocycles. The van der Waals surface area contributed by atoms with Gasteiger partial charge in [0.25, 0.3) is 11.5 Å². The van der Waals surface area contributed by atoms with Gasteiger partial charge in [-0.3, -0.25) is 14.2 Å². The van der Waals surface area contributed by atoms with Gasteiger partial charge in [0, 0.05) is 29.4 Å². The first kappa shape index (κ1) is 24.8. The van der Waals surface area contributed by atoms with Crippen molar-refractivity contribution in [2.45, 2.75) is 24.8 Å². The highest BCUT2D eigenvalue weighted by molar-refractivity contribution is 7.98. The van der Waals surface area contributed by atoms with Gasteiger partial charge in [-0.05, 0) is 74.0 Å². The number of hydrogen-bond acceptors (Lipinski definition) is 5. The second kappa shape index (κ2) is 11.0. The molecule has 180 valence electrons. The van der Waals surface area contributed by atoms with Gasteiger partial charge >= 0.3 is 0 Å². The van der Waals surface area contributed by atoms with Gasteiger partial charge < -0.3 is 9.64 Å². The predicted molar refractivity (Wildman–Crippen MR) is 142 cm³/mol. The Morgan fingerprint density at radius 3 is 2.34 bits per heavy atom. The van der Waals surface area contributed by atoms with Gasteiger partial charge in [-0.25, -0.2) is 4.98 Å². The van der Waals surface area contributed by atoms with Gasteiger partial charge in [0.1, 0.15) is 5.75 Å². The van der Waals surface area contributed by atoms with Crippen molar-refractivity contribution >= 4 is 40.2 Å². The summed E-state index contributed by atoms with van der Waals surface area (Å²) in [6.07, 6.45) is 0. The minimum Gasteiger partial charge on any atom is -0.497 e. The smallest absolute Gasteiger partial charge is 0.266 e. The summed E-state index contributed by atoms with van der Waals surface area (Å²) in [6.45, 7) is 5.11. The maximum atomic E-state index is 13.7. The summed E-state index contributed by atoms with van der Waals surface area (Å²) in [5.41, 5.74) is 2.56. The van der Waals surface area contributed by atoms with Gasteiger partial charge in [-0.2, -0.15) is 0 Å². The normalized spacial score (nSPS) is 11.0. The van der Waals surface area contributed by atoms with Crippen LogP contribution in [0.2, 0.25) is 5.02 Å². The summed E-state index contributed by atoms with van der Waals surface area (Å²) in [4.78, 5) is 33.1. The number of rotatable bonds is 8. The predicted octanol–water partition coefficient (Wildman–Crippen LogP) is 5.82. The van der Waals surface area contributed by atoms with Crippen molar-refractivity contribution in [1.82, 2.24) is 14.5 Å². The second-order valence-electron chi connectivity index (χ2n) is 7.86. The Morgan fingerprint density at radius 1 is 1.03 bits per heavy atom. The van der Waals surface area contributed by atoms with Crippen LogP contribution in [0.1, 0.15) is 29.8 Å². The van der Waals surface area contributed by atoms with Crippen LogP contribution in [-0.2, 0) is 5.75 Å². The molecule has 3 aromatic carbocycles. The summed E-state index contributed by atoms with van der Waals surface area (Å²) in [5.74, 6) is 1.22. The number of carbonyl (C=O) groups excluding carboxylic acids is 1. The molecular formula is C27H26ClN3O3S. The fourth-order valence-corrected chi connectivity index (χ4v) is 4.87. The van der Waals surface area contributed by atoms with Crippen molar-refractivity contribution in [1.29, 1.82) is 0 Å². The average molecular weight is 508 g/mol. The van der Waals surface area contributed by atoms with Crippen molar-refractivity contribution < 1.29 is 9.53 Å². The van der Waals surface area contributed by atoms with Gasteiger partial charge in [0.05, 0.1) is 23.7 Å². The average Bonchev–Trinajstić information content (AvgIpc) is 2.89. The van der Waals surface area contributed by atoms with E-state index in [1.807, 2.05) is 62.4 Å². The lowest BCUT2D eigenvalue weighted by Gasteiger charge is -2.19. The van der Waals surface area contributed by atoms with Crippen LogP contribution >= 0.6 is 23.4 Å². The maximum absolute atomic E-state index is 13.7. The Morgan fingerprint density at radius 2 is 1.71 bits per heavy atom. The highest BCUT2D eigenvalue weighted by atomic mass is 35.5. The van der Waals surface area contributed by atoms with Crippen molar-refractivity contribution in [2.24, 2.45) is 0 Å². The second-order valence-corrected chi connectivity index (χ2v) is 9.24. The molecule has 0 saturated carbocycles. The fourth-order valence-electron chi connectivity index (χ4n) is 3.78. The first-order valence-electron chi connectivity index (χ1n) is 11.3. The molecule has 0 aliphatic rings. The molecule has 0 atom stereocenters. The SMILES string of the molecule is CCN(CC)C(=O)c1ccc2c(=O)n(-c3ccc(OC)cc3)c(SCc3ccc(Cl)cc3)nc2c1. The number of thioether (sulfide) groups is 1. The van der Waals surface area contributed by atoms with Crippen LogP contribution in [0.25, 0.3) is 16.6 Å². The van der Waals surface area contributed by atoms with Crippen molar-refractivity contribution in [2.75, 3.05) is 20.2 Å². The Hall–Kier alpha value is -3.29. The zero-order chi connectivity index (χ0) is 24.9. The van der Waals surface area contributed by atoms with Crippen LogP contribution < -0.4 is 10.3 Å². The molecule has 1 aromatic heterocycles. The van der Waals surface area contributed by atoms with Gasteiger partial charge in [0.15, 0.2) is 5.16 Å². The number of benzene rings is 3. The number of methoxy groups -OCH3 is 1. The summed E-state index contributed by atoms with van der Waals surface area (Å²) in [6, 6.07) is 20.0. The zero-order valence-corrected chi connectivity index (χ0v) is 21.4. The van der Waals surface area contributed by atoms with Crippen molar-refractivity contribution in [3.8, 4) is 11.4 Å². The van der Waals surface area contributed by atoms with E-state index in [0.717, 1.165) is 5.56 Å². The summed E-state index contributed by atoms with van der Waals surface area (Å²) < 4.78 is 6.87. The highest BCUT2D eigenvalue weighted by Crippen LogP contribution is 2.26. The summed E-state index contributed by atoms with van der Waals surface area (Å²) in [5, 5.41) is 1.66. The van der Waals surface area contributed by atoms with E-state index in [1.54, 1.807) is 34.8 Å². The molecule has 4 rings (SSSR count). The number of amides is 1. The molecule has 0 radical (unpaired) electrons. The van der Waals surface area contributed by atoms with E-state index >= 15 is 0 Å². The molecule has 6 nitrogen and oxygen atoms in total. The molecule has 0 bridgehead atoms. The topological polar surface area (TPSA) is 64.4 Å². The number of ether oxygens (including phenoxy) is 1. The van der Waals surface area contributed by atoms with Crippen LogP contribution in [0.4, 0.5) is 0 Å². The number of aromatic nitrogens is 2. The first-order chi connectivity index (χ1) is 16.9. The van der Waals surface area contributed by atoms with E-state index in [4.69, 9.17) is 21.3 Å². The van der Waals surface area contributed by atoms with Crippen LogP contribution in [0, 0.1) is 0 Å². The quantitative estimate of drug-likeness (QED) is 0.222. The van der Waals surface area contributed by atoms with Gasteiger partial charge in [-0.1, -0.05) is 35.5 Å². The number of hydrogen-bond donors (Lipinski definition) is 0. The minimum atomic E-state index is -0.194. The van der Waals surface area contributed by atoms with Crippen molar-refractivity contribution in [3.63, 3.8) is 0 Å². The molecule has 4 aromatic rings. The first-order valence-corrected chi connectivity index (χ1v) is 12.7. The molecule has 8 heteroatoms. The van der Waals surface area contributed by atoms with E-state index in [-0.39, 0.29) is 11.5 Å². The van der Waals surface area contributed by atoms with E-state index < -0.39 is 0 Å². The molecular weight excluding hydrogens is 482 g/mol. The molecule has 0 N–H and O–H groups in total. The van der Waals surface area contributed by atoms with Gasteiger partial charge in [0.2, 0.25) is 0 Å². The van der Waals surface area contributed by atoms with E-state index in [2.05, 4.69) is 0 Å². The molecule has 0 spiro atoms. The molecule has 0 fully saturated rings. The third-order valence-corrected chi connectivity index (χ3v) is 7.01. The fraction of sp³-hybridized carbons (Fsp3) is 0.222. The lowest BCUT2D eigenvalue weighted by Crippen LogP contribution is -2.30. The maximum Gasteiger partial charge on any atom is 0.266 e. The third kappa shape index (κ3) is 5.36. The third-order valence-electron chi connectivity index (χ3n) is 5.75. The van der Waals surface area contributed by atoms with Crippen LogP contribution in [-0.4, -0.2) is 40.6 Å². The minimum absolute atomic E-state index is 0.0756. The zero-order valence-electron chi connectivity index (χ0n) is 19.8. The Bertz CT molecular complexity index is 1400. The lowest BCUT2D eigenvalue weighted by molar-refractivity contribution is 0.0773. The van der Waals surface area contributed by atoms with E-state index in [0.29, 0.717) is 56.9 Å². The molecule has 0 aliphatic carbocycles. The summed E-state index contributed by atoms with van der Waals surface area (Å²) in [7, 11) is 1.60. The molecule has 0 saturated heterocycles. The van der Waals surface area contributed by atoms with Crippen LogP contribution in [0.15, 0.2) is 76.7 Å². The van der Waals surface area contributed by atoms with Crippen LogP contribution in [0.5, 0.6) is 5.75 Å². The molecule has 1 heterocycles. The van der Waals surface area contributed by atoms with Gasteiger partial charge in [-0.15, -0.1) is 0 Å². The highest BCUT2D eigenvalue weighted by Gasteiger charge is 2.18. The van der Waals surface area contributed by atoms with Crippen molar-refractivity contribution in [3.05, 3.63) is 93.2 Å². The lowest BCUT2D eigenvalue weighted by atomic mass is 10.1. The Balaban J connectivity index is 1.82. The molecule has 1 amide bonds. The Labute approximate surface area is 213 Å². The summed E-state index contributed by atoms with van der Waals surface area (Å²) >= 11 is 7.47. The van der Waals surface area contributed by atoms with E-state index in [9.17, 15) is 9.59 Å². The number of carbonyl (C=O) groups is 1. The number of halogens is 1. The van der Waals surface area contributed by atoms with Crippen LogP contribution in [0.3, 0.4) is 0 Å². The molecule has 35 heavy (non-hydrogen) atoms. The largest absolute Gasteiger partial charge is 0.497 e. The monoisotopic (exact) mass is 507 g/mol. The number of nitrogens with zero attached hydrogens (tertiary/aromatic N) is 3. The van der Waals surface area contributed by atoms with E-state index in [1.165, 1.54) is 11.8 Å².